The monoisotopic (exact) mass is 331 g/mol. The third-order valence-electron chi connectivity index (χ3n) is 2.08. The molecule has 0 aliphatic heterocycles. The first-order valence-corrected chi connectivity index (χ1v) is 6.57. The Labute approximate surface area is 124 Å². The van der Waals surface area contributed by atoms with E-state index in [4.69, 9.17) is 23.2 Å². The zero-order valence-corrected chi connectivity index (χ0v) is 12.2. The van der Waals surface area contributed by atoms with Gasteiger partial charge in [0.25, 0.3) is 0 Å². The summed E-state index contributed by atoms with van der Waals surface area (Å²) in [6, 6.07) is 1.51. The van der Waals surface area contributed by atoms with Gasteiger partial charge in [0.15, 0.2) is 0 Å². The fourth-order valence-corrected chi connectivity index (χ4v) is 1.80. The van der Waals surface area contributed by atoms with Gasteiger partial charge in [-0.25, -0.2) is 4.98 Å². The maximum Gasteiger partial charge on any atom is 0.411 e. The minimum atomic E-state index is -4.33. The van der Waals surface area contributed by atoms with Gasteiger partial charge in [0.1, 0.15) is 18.2 Å². The third-order valence-corrected chi connectivity index (χ3v) is 2.65. The van der Waals surface area contributed by atoms with Crippen LogP contribution in [0.1, 0.15) is 6.92 Å². The van der Waals surface area contributed by atoms with Gasteiger partial charge in [-0.05, 0) is 13.0 Å². The van der Waals surface area contributed by atoms with Crippen LogP contribution < -0.4 is 10.6 Å². The van der Waals surface area contributed by atoms with Gasteiger partial charge >= 0.3 is 6.18 Å². The topological polar surface area (TPSA) is 46.2 Å². The lowest BCUT2D eigenvalue weighted by atomic mass is 10.4. The minimum absolute atomic E-state index is 0.114. The normalized spacial score (nSPS) is 11.5. The van der Waals surface area contributed by atoms with Crippen molar-refractivity contribution in [2.45, 2.75) is 13.1 Å². The second-order valence-electron chi connectivity index (χ2n) is 3.77. The van der Waals surface area contributed by atoms with Crippen molar-refractivity contribution in [1.82, 2.24) is 4.98 Å². The zero-order chi connectivity index (χ0) is 15.2. The van der Waals surface area contributed by atoms with Crippen molar-refractivity contribution in [2.75, 3.05) is 36.9 Å². The van der Waals surface area contributed by atoms with Gasteiger partial charge in [0.2, 0.25) is 0 Å². The van der Waals surface area contributed by atoms with E-state index >= 15 is 0 Å². The number of nitrogens with one attached hydrogen (secondary N) is 2. The molecule has 1 heterocycles. The van der Waals surface area contributed by atoms with Gasteiger partial charge in [-0.1, -0.05) is 23.2 Å². The predicted octanol–water partition coefficient (Wildman–Crippen LogP) is 3.81. The van der Waals surface area contributed by atoms with Crippen molar-refractivity contribution < 1.29 is 17.9 Å². The summed E-state index contributed by atoms with van der Waals surface area (Å²) in [6.45, 7) is 1.26. The van der Waals surface area contributed by atoms with Crippen LogP contribution in [-0.2, 0) is 4.74 Å². The van der Waals surface area contributed by atoms with Crippen LogP contribution >= 0.6 is 23.2 Å². The number of hydrogen-bond donors (Lipinski definition) is 2. The quantitative estimate of drug-likeness (QED) is 0.746. The number of anilines is 2. The molecule has 20 heavy (non-hydrogen) atoms. The molecule has 0 bridgehead atoms. The fourth-order valence-electron chi connectivity index (χ4n) is 1.31. The highest BCUT2D eigenvalue weighted by atomic mass is 35.5. The first-order valence-electron chi connectivity index (χ1n) is 5.81. The number of nitrogens with zero attached hydrogens (tertiary/aromatic N) is 1. The summed E-state index contributed by atoms with van der Waals surface area (Å²) in [5, 5.41) is 6.39. The molecule has 0 radical (unpaired) electrons. The summed E-state index contributed by atoms with van der Waals surface area (Å²) in [7, 11) is 0. The summed E-state index contributed by atoms with van der Waals surface area (Å²) in [4.78, 5) is 4.14. The second-order valence-corrected chi connectivity index (χ2v) is 4.59. The molecule has 0 spiro atoms. The molecule has 0 atom stereocenters. The van der Waals surface area contributed by atoms with E-state index in [0.29, 0.717) is 23.2 Å². The standard InChI is InChI=1S/C11H14Cl2F3N3O/c1-2-17-9-7(12)5-8(13)10(19-9)18-3-4-20-6-11(14,15)16/h5H,2-4,6H2,1H3,(H2,17,18,19). The Bertz CT molecular complexity index is 444. The van der Waals surface area contributed by atoms with Gasteiger partial charge in [-0.3, -0.25) is 0 Å². The van der Waals surface area contributed by atoms with Crippen LogP contribution in [0.3, 0.4) is 0 Å². The average molecular weight is 332 g/mol. The number of halogens is 5. The van der Waals surface area contributed by atoms with Gasteiger partial charge in [-0.2, -0.15) is 13.2 Å². The second kappa shape index (κ2) is 7.75. The summed E-state index contributed by atoms with van der Waals surface area (Å²) in [6.07, 6.45) is -4.33. The van der Waals surface area contributed by atoms with Crippen LogP contribution in [0, 0.1) is 0 Å². The Balaban J connectivity index is 2.49. The van der Waals surface area contributed by atoms with Crippen LogP contribution in [0.15, 0.2) is 6.07 Å². The van der Waals surface area contributed by atoms with E-state index in [2.05, 4.69) is 20.4 Å². The summed E-state index contributed by atoms with van der Waals surface area (Å²) in [5.74, 6) is 0.792. The molecule has 2 N–H and O–H groups in total. The summed E-state index contributed by atoms with van der Waals surface area (Å²) >= 11 is 11.9. The van der Waals surface area contributed by atoms with E-state index in [1.165, 1.54) is 6.07 Å². The number of rotatable bonds is 7. The van der Waals surface area contributed by atoms with E-state index in [1.807, 2.05) is 6.92 Å². The molecule has 0 aromatic carbocycles. The maximum atomic E-state index is 11.9. The van der Waals surface area contributed by atoms with E-state index in [9.17, 15) is 13.2 Å². The molecule has 1 aromatic rings. The van der Waals surface area contributed by atoms with E-state index in [1.54, 1.807) is 0 Å². The first-order chi connectivity index (χ1) is 9.33. The SMILES string of the molecule is CCNc1nc(NCCOCC(F)(F)F)c(Cl)cc1Cl. The van der Waals surface area contributed by atoms with Gasteiger partial charge in [0, 0.05) is 13.1 Å². The third kappa shape index (κ3) is 6.02. The smallest absolute Gasteiger partial charge is 0.370 e. The molecule has 4 nitrogen and oxygen atoms in total. The molecule has 0 aliphatic carbocycles. The van der Waals surface area contributed by atoms with Gasteiger partial charge in [0.05, 0.1) is 16.7 Å². The number of aromatic nitrogens is 1. The Morgan fingerprint density at radius 1 is 1.20 bits per heavy atom. The van der Waals surface area contributed by atoms with Crippen LogP contribution in [0.5, 0.6) is 0 Å². The number of pyridine rings is 1. The largest absolute Gasteiger partial charge is 0.411 e. The molecule has 114 valence electrons. The Morgan fingerprint density at radius 3 is 2.35 bits per heavy atom. The molecule has 0 unspecified atom stereocenters. The molecule has 0 amide bonds. The van der Waals surface area contributed by atoms with Crippen molar-refractivity contribution in [1.29, 1.82) is 0 Å². The highest BCUT2D eigenvalue weighted by Crippen LogP contribution is 2.28. The van der Waals surface area contributed by atoms with Crippen LogP contribution in [-0.4, -0.2) is 37.5 Å². The lowest BCUT2D eigenvalue weighted by Gasteiger charge is -2.12. The van der Waals surface area contributed by atoms with Crippen molar-refractivity contribution in [3.8, 4) is 0 Å². The van der Waals surface area contributed by atoms with Crippen LogP contribution in [0.25, 0.3) is 0 Å². The molecule has 0 aliphatic rings. The van der Waals surface area contributed by atoms with E-state index < -0.39 is 12.8 Å². The summed E-state index contributed by atoms with van der Waals surface area (Å²) < 4.78 is 40.0. The number of hydrogen-bond acceptors (Lipinski definition) is 4. The number of ether oxygens (including phenoxy) is 1. The highest BCUT2D eigenvalue weighted by molar-refractivity contribution is 6.37. The molecular formula is C11H14Cl2F3N3O. The number of alkyl halides is 3. The molecule has 1 rings (SSSR count). The molecular weight excluding hydrogens is 318 g/mol. The summed E-state index contributed by atoms with van der Waals surface area (Å²) in [5.41, 5.74) is 0. The highest BCUT2D eigenvalue weighted by Gasteiger charge is 2.27. The average Bonchev–Trinajstić information content (AvgIpc) is 2.32. The fraction of sp³-hybridized carbons (Fsp3) is 0.545. The lowest BCUT2D eigenvalue weighted by Crippen LogP contribution is -2.20. The predicted molar refractivity (Wildman–Crippen MR) is 73.8 cm³/mol. The zero-order valence-electron chi connectivity index (χ0n) is 10.7. The first kappa shape index (κ1) is 17.1. The molecule has 1 aromatic heterocycles. The van der Waals surface area contributed by atoms with Crippen LogP contribution in [0.4, 0.5) is 24.8 Å². The molecule has 9 heteroatoms. The minimum Gasteiger partial charge on any atom is -0.370 e. The Kier molecular flexibility index (Phi) is 6.64. The van der Waals surface area contributed by atoms with Crippen molar-refractivity contribution in [2.24, 2.45) is 0 Å². The van der Waals surface area contributed by atoms with Crippen molar-refractivity contribution in [3.05, 3.63) is 16.1 Å². The maximum absolute atomic E-state index is 11.9. The Morgan fingerprint density at radius 2 is 1.80 bits per heavy atom. The van der Waals surface area contributed by atoms with Gasteiger partial charge in [-0.15, -0.1) is 0 Å². The van der Waals surface area contributed by atoms with Gasteiger partial charge < -0.3 is 15.4 Å². The Hall–Kier alpha value is -0.920. The lowest BCUT2D eigenvalue weighted by molar-refractivity contribution is -0.172. The van der Waals surface area contributed by atoms with Crippen LogP contribution in [0.2, 0.25) is 10.0 Å². The van der Waals surface area contributed by atoms with Crippen molar-refractivity contribution >= 4 is 34.8 Å². The molecule has 0 saturated carbocycles. The molecule has 0 saturated heterocycles. The van der Waals surface area contributed by atoms with Crippen molar-refractivity contribution in [3.63, 3.8) is 0 Å². The van der Waals surface area contributed by atoms with E-state index in [0.717, 1.165) is 0 Å². The molecule has 0 fully saturated rings. The van der Waals surface area contributed by atoms with E-state index in [-0.39, 0.29) is 18.2 Å².